The molecule has 0 spiro atoms. The molecule has 1 aliphatic carbocycles. The van der Waals surface area contributed by atoms with Gasteiger partial charge in [-0.2, -0.15) is 0 Å². The highest BCUT2D eigenvalue weighted by Gasteiger charge is 2.30. The minimum atomic E-state index is -1.05. The summed E-state index contributed by atoms with van der Waals surface area (Å²) in [6, 6.07) is 14.9. The molecule has 3 N–H and O–H groups in total. The highest BCUT2D eigenvalue weighted by molar-refractivity contribution is 5.84. The van der Waals surface area contributed by atoms with Gasteiger partial charge in [0.25, 0.3) is 0 Å². The van der Waals surface area contributed by atoms with Crippen LogP contribution in [0.2, 0.25) is 0 Å². The number of carboxylic acid groups (broad SMARTS) is 1. The molecular formula is C28H36N2O5. The molecule has 0 fully saturated rings. The molecule has 0 heterocycles. The quantitative estimate of drug-likeness (QED) is 0.392. The summed E-state index contributed by atoms with van der Waals surface area (Å²) in [5.74, 6) is -1.68. The van der Waals surface area contributed by atoms with Crippen LogP contribution in [-0.4, -0.2) is 41.8 Å². The fourth-order valence-corrected chi connectivity index (χ4v) is 4.62. The summed E-state index contributed by atoms with van der Waals surface area (Å²) in [4.78, 5) is 36.9. The van der Waals surface area contributed by atoms with E-state index >= 15 is 0 Å². The van der Waals surface area contributed by atoms with Crippen LogP contribution in [0.1, 0.15) is 69.9 Å². The van der Waals surface area contributed by atoms with Crippen molar-refractivity contribution < 1.29 is 24.2 Å². The lowest BCUT2D eigenvalue weighted by Crippen LogP contribution is -2.47. The normalized spacial score (nSPS) is 14.8. The van der Waals surface area contributed by atoms with E-state index in [1.54, 1.807) is 6.92 Å². The molecule has 0 radical (unpaired) electrons. The number of fused-ring (bicyclic) bond motifs is 3. The Kier molecular flexibility index (Phi) is 9.29. The summed E-state index contributed by atoms with van der Waals surface area (Å²) in [5.41, 5.74) is 4.58. The maximum Gasteiger partial charge on any atom is 0.407 e. The van der Waals surface area contributed by atoms with Crippen molar-refractivity contribution in [3.05, 3.63) is 59.7 Å². The molecule has 3 rings (SSSR count). The number of carboxylic acids is 1. The Morgan fingerprint density at radius 3 is 2.11 bits per heavy atom. The zero-order valence-corrected chi connectivity index (χ0v) is 20.8. The SMILES string of the molecule is CCCC[C@H](CC(=O)N[C@H](C(=O)O)C(C)CC)NC(=O)OCC1c2ccccc2-c2ccccc21. The highest BCUT2D eigenvalue weighted by atomic mass is 16.5. The van der Waals surface area contributed by atoms with Gasteiger partial charge in [0.1, 0.15) is 12.6 Å². The lowest BCUT2D eigenvalue weighted by Gasteiger charge is -2.23. The minimum absolute atomic E-state index is 0.00437. The van der Waals surface area contributed by atoms with Crippen LogP contribution in [0.25, 0.3) is 11.1 Å². The van der Waals surface area contributed by atoms with Gasteiger partial charge in [-0.3, -0.25) is 4.79 Å². The molecular weight excluding hydrogens is 444 g/mol. The van der Waals surface area contributed by atoms with E-state index in [2.05, 4.69) is 34.9 Å². The van der Waals surface area contributed by atoms with Crippen molar-refractivity contribution in [2.24, 2.45) is 5.92 Å². The van der Waals surface area contributed by atoms with Crippen LogP contribution in [0.4, 0.5) is 4.79 Å². The second-order valence-corrected chi connectivity index (χ2v) is 9.28. The van der Waals surface area contributed by atoms with Crippen molar-refractivity contribution in [1.82, 2.24) is 10.6 Å². The fourth-order valence-electron chi connectivity index (χ4n) is 4.62. The number of nitrogens with one attached hydrogen (secondary N) is 2. The number of ether oxygens (including phenoxy) is 1. The van der Waals surface area contributed by atoms with E-state index in [1.165, 1.54) is 0 Å². The number of aliphatic carboxylic acids is 1. The van der Waals surface area contributed by atoms with E-state index in [1.807, 2.05) is 38.1 Å². The van der Waals surface area contributed by atoms with E-state index in [-0.39, 0.29) is 24.9 Å². The summed E-state index contributed by atoms with van der Waals surface area (Å²) in [6.07, 6.45) is 2.41. The molecule has 2 aromatic carbocycles. The molecule has 0 aliphatic heterocycles. The minimum Gasteiger partial charge on any atom is -0.480 e. The fraction of sp³-hybridized carbons (Fsp3) is 0.464. The van der Waals surface area contributed by atoms with Crippen LogP contribution in [0.15, 0.2) is 48.5 Å². The Morgan fingerprint density at radius 1 is 0.971 bits per heavy atom. The highest BCUT2D eigenvalue weighted by Crippen LogP contribution is 2.44. The molecule has 7 nitrogen and oxygen atoms in total. The van der Waals surface area contributed by atoms with E-state index in [0.717, 1.165) is 35.1 Å². The zero-order chi connectivity index (χ0) is 25.4. The molecule has 0 saturated heterocycles. The summed E-state index contributed by atoms with van der Waals surface area (Å²) in [7, 11) is 0. The van der Waals surface area contributed by atoms with Gasteiger partial charge in [-0.25, -0.2) is 9.59 Å². The average Bonchev–Trinajstić information content (AvgIpc) is 3.17. The molecule has 0 aromatic heterocycles. The smallest absolute Gasteiger partial charge is 0.407 e. The first-order valence-electron chi connectivity index (χ1n) is 12.5. The third kappa shape index (κ3) is 6.62. The van der Waals surface area contributed by atoms with Crippen molar-refractivity contribution >= 4 is 18.0 Å². The lowest BCUT2D eigenvalue weighted by molar-refractivity contribution is -0.143. The maximum atomic E-state index is 12.7. The summed E-state index contributed by atoms with van der Waals surface area (Å²) in [5, 5.41) is 14.9. The zero-order valence-electron chi connectivity index (χ0n) is 20.8. The predicted octanol–water partition coefficient (Wildman–Crippen LogP) is 5.09. The monoisotopic (exact) mass is 480 g/mol. The molecule has 188 valence electrons. The van der Waals surface area contributed by atoms with Crippen LogP contribution in [-0.2, 0) is 14.3 Å². The molecule has 35 heavy (non-hydrogen) atoms. The average molecular weight is 481 g/mol. The number of rotatable bonds is 12. The maximum absolute atomic E-state index is 12.7. The number of carbonyl (C=O) groups is 3. The Morgan fingerprint density at radius 2 is 1.57 bits per heavy atom. The molecule has 7 heteroatoms. The third-order valence-electron chi connectivity index (χ3n) is 6.80. The van der Waals surface area contributed by atoms with E-state index in [4.69, 9.17) is 4.74 Å². The van der Waals surface area contributed by atoms with Gasteiger partial charge in [0.2, 0.25) is 5.91 Å². The largest absolute Gasteiger partial charge is 0.480 e. The van der Waals surface area contributed by atoms with E-state index < -0.39 is 30.1 Å². The van der Waals surface area contributed by atoms with Crippen LogP contribution in [0.3, 0.4) is 0 Å². The van der Waals surface area contributed by atoms with Crippen LogP contribution < -0.4 is 10.6 Å². The first-order valence-corrected chi connectivity index (χ1v) is 12.5. The van der Waals surface area contributed by atoms with Gasteiger partial charge < -0.3 is 20.5 Å². The second-order valence-electron chi connectivity index (χ2n) is 9.28. The number of benzene rings is 2. The van der Waals surface area contributed by atoms with Gasteiger partial charge in [0.05, 0.1) is 0 Å². The topological polar surface area (TPSA) is 105 Å². The molecule has 2 aromatic rings. The van der Waals surface area contributed by atoms with Gasteiger partial charge in [0.15, 0.2) is 0 Å². The van der Waals surface area contributed by atoms with Crippen molar-refractivity contribution in [1.29, 1.82) is 0 Å². The molecule has 2 amide bonds. The molecule has 3 atom stereocenters. The molecule has 0 saturated carbocycles. The van der Waals surface area contributed by atoms with Gasteiger partial charge in [-0.15, -0.1) is 0 Å². The van der Waals surface area contributed by atoms with Crippen molar-refractivity contribution in [3.63, 3.8) is 0 Å². The Bertz CT molecular complexity index is 992. The molecule has 1 unspecified atom stereocenters. The molecule has 0 bridgehead atoms. The number of hydrogen-bond donors (Lipinski definition) is 3. The number of hydrogen-bond acceptors (Lipinski definition) is 4. The van der Waals surface area contributed by atoms with E-state index in [9.17, 15) is 19.5 Å². The number of alkyl carbamates (subject to hydrolysis) is 1. The number of amides is 2. The summed E-state index contributed by atoms with van der Waals surface area (Å²) >= 11 is 0. The van der Waals surface area contributed by atoms with Crippen molar-refractivity contribution in [2.75, 3.05) is 6.61 Å². The summed E-state index contributed by atoms with van der Waals surface area (Å²) < 4.78 is 5.63. The van der Waals surface area contributed by atoms with Crippen molar-refractivity contribution in [2.45, 2.75) is 70.9 Å². The number of unbranched alkanes of at least 4 members (excludes halogenated alkanes) is 1. The van der Waals surface area contributed by atoms with Crippen LogP contribution >= 0.6 is 0 Å². The van der Waals surface area contributed by atoms with Crippen molar-refractivity contribution in [3.8, 4) is 11.1 Å². The van der Waals surface area contributed by atoms with E-state index in [0.29, 0.717) is 12.8 Å². The second kappa shape index (κ2) is 12.4. The first-order chi connectivity index (χ1) is 16.8. The molecule has 1 aliphatic rings. The Balaban J connectivity index is 1.61. The Labute approximate surface area is 207 Å². The lowest BCUT2D eigenvalue weighted by atomic mass is 9.98. The summed E-state index contributed by atoms with van der Waals surface area (Å²) in [6.45, 7) is 5.91. The Hall–Kier alpha value is -3.35. The van der Waals surface area contributed by atoms with Crippen LogP contribution in [0, 0.1) is 5.92 Å². The predicted molar refractivity (Wildman–Crippen MR) is 135 cm³/mol. The number of carbonyl (C=O) groups excluding carboxylic acids is 2. The standard InChI is InChI=1S/C28H36N2O5/c1-4-6-11-19(16-25(31)30-26(27(32)33)18(3)5-2)29-28(34)35-17-24-22-14-9-7-12-20(22)21-13-8-10-15-23(21)24/h7-10,12-15,18-19,24,26H,4-6,11,16-17H2,1-3H3,(H,29,34)(H,30,31)(H,32,33)/t18?,19-,26+/m1/s1. The third-order valence-corrected chi connectivity index (χ3v) is 6.80. The van der Waals surface area contributed by atoms with Gasteiger partial charge >= 0.3 is 12.1 Å². The van der Waals surface area contributed by atoms with Gasteiger partial charge in [-0.1, -0.05) is 88.6 Å². The van der Waals surface area contributed by atoms with Crippen LogP contribution in [0.5, 0.6) is 0 Å². The first kappa shape index (κ1) is 26.3. The van der Waals surface area contributed by atoms with Gasteiger partial charge in [-0.05, 0) is 34.6 Å². The van der Waals surface area contributed by atoms with Gasteiger partial charge in [0, 0.05) is 18.4 Å².